The van der Waals surface area contributed by atoms with Gasteiger partial charge in [0.15, 0.2) is 5.96 Å². The molecule has 3 rings (SSSR count). The summed E-state index contributed by atoms with van der Waals surface area (Å²) in [6.45, 7) is 6.48. The highest BCUT2D eigenvalue weighted by Gasteiger charge is 2.39. The standard InChI is InChI=1S/C20H29N3O3/c1-4-21-19(23-11-14(2)16(12-23)18(24)26-3)22-13-20(25)10-9-15-7-5-6-8-17(15)20/h5-8,14,16,25H,4,9-13H2,1-3H3,(H,21,22). The highest BCUT2D eigenvalue weighted by atomic mass is 16.5. The number of likely N-dealkylation sites (tertiary alicyclic amines) is 1. The Labute approximate surface area is 155 Å². The van der Waals surface area contributed by atoms with Gasteiger partial charge in [0.1, 0.15) is 5.60 Å². The Hall–Kier alpha value is -2.08. The zero-order valence-electron chi connectivity index (χ0n) is 15.9. The van der Waals surface area contributed by atoms with Crippen LogP contribution in [0.4, 0.5) is 0 Å². The Balaban J connectivity index is 1.76. The number of esters is 1. The van der Waals surface area contributed by atoms with Crippen molar-refractivity contribution in [3.63, 3.8) is 0 Å². The molecule has 0 amide bonds. The largest absolute Gasteiger partial charge is 0.469 e. The van der Waals surface area contributed by atoms with Crippen molar-refractivity contribution in [3.8, 4) is 0 Å². The van der Waals surface area contributed by atoms with Crippen molar-refractivity contribution >= 4 is 11.9 Å². The van der Waals surface area contributed by atoms with Crippen molar-refractivity contribution in [1.29, 1.82) is 0 Å². The molecule has 0 spiro atoms. The number of carbonyl (C=O) groups excluding carboxylic acids is 1. The number of nitrogens with zero attached hydrogens (tertiary/aromatic N) is 2. The van der Waals surface area contributed by atoms with Crippen LogP contribution in [0, 0.1) is 11.8 Å². The smallest absolute Gasteiger partial charge is 0.310 e. The van der Waals surface area contributed by atoms with Crippen LogP contribution in [-0.2, 0) is 21.6 Å². The van der Waals surface area contributed by atoms with Crippen LogP contribution in [0.2, 0.25) is 0 Å². The Morgan fingerprint density at radius 1 is 1.42 bits per heavy atom. The first-order chi connectivity index (χ1) is 12.5. The van der Waals surface area contributed by atoms with Gasteiger partial charge < -0.3 is 20.1 Å². The van der Waals surface area contributed by atoms with Gasteiger partial charge in [-0.25, -0.2) is 4.99 Å². The van der Waals surface area contributed by atoms with Crippen LogP contribution in [-0.4, -0.2) is 55.2 Å². The maximum atomic E-state index is 12.0. The lowest BCUT2D eigenvalue weighted by Gasteiger charge is -2.25. The maximum absolute atomic E-state index is 12.0. The van der Waals surface area contributed by atoms with E-state index in [1.807, 2.05) is 25.1 Å². The van der Waals surface area contributed by atoms with E-state index < -0.39 is 5.60 Å². The molecule has 3 unspecified atom stereocenters. The molecular weight excluding hydrogens is 330 g/mol. The minimum atomic E-state index is -0.912. The zero-order valence-corrected chi connectivity index (χ0v) is 15.9. The minimum absolute atomic E-state index is 0.140. The van der Waals surface area contributed by atoms with Crippen molar-refractivity contribution in [2.45, 2.75) is 32.3 Å². The lowest BCUT2D eigenvalue weighted by Crippen LogP contribution is -2.41. The fourth-order valence-corrected chi connectivity index (χ4v) is 4.06. The first-order valence-electron chi connectivity index (χ1n) is 9.40. The molecule has 2 N–H and O–H groups in total. The van der Waals surface area contributed by atoms with Crippen molar-refractivity contribution < 1.29 is 14.6 Å². The molecule has 26 heavy (non-hydrogen) atoms. The van der Waals surface area contributed by atoms with E-state index in [0.717, 1.165) is 31.0 Å². The third-order valence-electron chi connectivity index (χ3n) is 5.57. The van der Waals surface area contributed by atoms with Gasteiger partial charge in [0.05, 0.1) is 19.6 Å². The topological polar surface area (TPSA) is 74.2 Å². The molecule has 1 heterocycles. The van der Waals surface area contributed by atoms with Gasteiger partial charge in [0.25, 0.3) is 0 Å². The lowest BCUT2D eigenvalue weighted by molar-refractivity contribution is -0.145. The molecule has 142 valence electrons. The number of methoxy groups -OCH3 is 1. The Morgan fingerprint density at radius 3 is 2.92 bits per heavy atom. The van der Waals surface area contributed by atoms with Gasteiger partial charge in [-0.05, 0) is 36.8 Å². The van der Waals surface area contributed by atoms with Gasteiger partial charge in [-0.1, -0.05) is 31.2 Å². The van der Waals surface area contributed by atoms with E-state index in [1.165, 1.54) is 12.7 Å². The van der Waals surface area contributed by atoms with Crippen molar-refractivity contribution in [1.82, 2.24) is 10.2 Å². The number of aryl methyl sites for hydroxylation is 1. The number of carbonyl (C=O) groups is 1. The summed E-state index contributed by atoms with van der Waals surface area (Å²) in [6, 6.07) is 8.05. The number of aliphatic imine (C=N–C) groups is 1. The molecule has 0 radical (unpaired) electrons. The monoisotopic (exact) mass is 359 g/mol. The maximum Gasteiger partial charge on any atom is 0.310 e. The van der Waals surface area contributed by atoms with Gasteiger partial charge in [-0.15, -0.1) is 0 Å². The number of guanidine groups is 1. The second kappa shape index (κ2) is 7.66. The highest BCUT2D eigenvalue weighted by molar-refractivity contribution is 5.82. The molecule has 1 fully saturated rings. The van der Waals surface area contributed by atoms with Crippen LogP contribution in [0.3, 0.4) is 0 Å². The summed E-state index contributed by atoms with van der Waals surface area (Å²) in [5.74, 6) is 0.656. The van der Waals surface area contributed by atoms with Gasteiger partial charge in [0, 0.05) is 19.6 Å². The number of nitrogens with one attached hydrogen (secondary N) is 1. The molecule has 0 aromatic heterocycles. The van der Waals surface area contributed by atoms with Gasteiger partial charge in [-0.2, -0.15) is 0 Å². The average molecular weight is 359 g/mol. The average Bonchev–Trinajstić information content (AvgIpc) is 3.19. The summed E-state index contributed by atoms with van der Waals surface area (Å²) in [4.78, 5) is 18.8. The highest BCUT2D eigenvalue weighted by Crippen LogP contribution is 2.37. The van der Waals surface area contributed by atoms with Crippen molar-refractivity contribution in [2.24, 2.45) is 16.8 Å². The van der Waals surface area contributed by atoms with E-state index in [-0.39, 0.29) is 17.8 Å². The Morgan fingerprint density at radius 2 is 2.19 bits per heavy atom. The number of benzene rings is 1. The third kappa shape index (κ3) is 3.56. The third-order valence-corrected chi connectivity index (χ3v) is 5.57. The first-order valence-corrected chi connectivity index (χ1v) is 9.40. The molecule has 1 aliphatic heterocycles. The molecule has 3 atom stereocenters. The Bertz CT molecular complexity index is 691. The number of hydrogen-bond acceptors (Lipinski definition) is 4. The SMILES string of the molecule is CCNC(=NCC1(O)CCc2ccccc21)N1CC(C)C(C(=O)OC)C1. The van der Waals surface area contributed by atoms with Gasteiger partial charge in [0.2, 0.25) is 0 Å². The summed E-state index contributed by atoms with van der Waals surface area (Å²) in [5, 5.41) is 14.4. The van der Waals surface area contributed by atoms with E-state index in [4.69, 9.17) is 9.73 Å². The molecule has 6 heteroatoms. The number of ether oxygens (including phenoxy) is 1. The normalized spacial score (nSPS) is 28.2. The van der Waals surface area contributed by atoms with Crippen LogP contribution in [0.1, 0.15) is 31.4 Å². The zero-order chi connectivity index (χ0) is 18.7. The lowest BCUT2D eigenvalue weighted by atomic mass is 9.96. The van der Waals surface area contributed by atoms with Gasteiger partial charge >= 0.3 is 5.97 Å². The quantitative estimate of drug-likeness (QED) is 0.484. The second-order valence-corrected chi connectivity index (χ2v) is 7.37. The summed E-state index contributed by atoms with van der Waals surface area (Å²) >= 11 is 0. The number of fused-ring (bicyclic) bond motifs is 1. The molecule has 1 aliphatic carbocycles. The molecule has 6 nitrogen and oxygen atoms in total. The first kappa shape index (κ1) is 18.7. The number of aliphatic hydroxyl groups is 1. The summed E-state index contributed by atoms with van der Waals surface area (Å²) < 4.78 is 4.92. The Kier molecular flexibility index (Phi) is 5.51. The molecule has 1 aromatic rings. The fraction of sp³-hybridized carbons (Fsp3) is 0.600. The van der Waals surface area contributed by atoms with Crippen molar-refractivity contribution in [2.75, 3.05) is 33.3 Å². The van der Waals surface area contributed by atoms with E-state index in [1.54, 1.807) is 0 Å². The number of rotatable bonds is 4. The second-order valence-electron chi connectivity index (χ2n) is 7.37. The minimum Gasteiger partial charge on any atom is -0.469 e. The van der Waals surface area contributed by atoms with Crippen LogP contribution in [0.15, 0.2) is 29.3 Å². The van der Waals surface area contributed by atoms with Crippen LogP contribution in [0.25, 0.3) is 0 Å². The van der Waals surface area contributed by atoms with E-state index in [2.05, 4.69) is 23.2 Å². The summed E-state index contributed by atoms with van der Waals surface area (Å²) in [6.07, 6.45) is 1.57. The van der Waals surface area contributed by atoms with Crippen LogP contribution < -0.4 is 5.32 Å². The van der Waals surface area contributed by atoms with Crippen LogP contribution in [0.5, 0.6) is 0 Å². The molecule has 0 bridgehead atoms. The summed E-state index contributed by atoms with van der Waals surface area (Å²) in [5.41, 5.74) is 1.28. The van der Waals surface area contributed by atoms with E-state index in [9.17, 15) is 9.90 Å². The van der Waals surface area contributed by atoms with Crippen LogP contribution >= 0.6 is 0 Å². The summed E-state index contributed by atoms with van der Waals surface area (Å²) in [7, 11) is 1.43. The molecular formula is C20H29N3O3. The predicted octanol–water partition coefficient (Wildman–Crippen LogP) is 1.53. The van der Waals surface area contributed by atoms with Crippen molar-refractivity contribution in [3.05, 3.63) is 35.4 Å². The molecule has 1 saturated heterocycles. The molecule has 2 aliphatic rings. The van der Waals surface area contributed by atoms with E-state index in [0.29, 0.717) is 19.5 Å². The van der Waals surface area contributed by atoms with E-state index >= 15 is 0 Å². The number of hydrogen-bond donors (Lipinski definition) is 2. The molecule has 1 aromatic carbocycles. The fourth-order valence-electron chi connectivity index (χ4n) is 4.06. The van der Waals surface area contributed by atoms with Gasteiger partial charge in [-0.3, -0.25) is 4.79 Å². The predicted molar refractivity (Wildman–Crippen MR) is 101 cm³/mol. The molecule has 0 saturated carbocycles.